The number of sulfonamides is 1. The molecule has 2 aliphatic heterocycles. The van der Waals surface area contributed by atoms with Gasteiger partial charge in [0.25, 0.3) is 5.91 Å². The molecule has 7 heteroatoms. The molecule has 0 bridgehead atoms. The first-order valence-corrected chi connectivity index (χ1v) is 12.8. The summed E-state index contributed by atoms with van der Waals surface area (Å²) in [6.07, 6.45) is 5.74. The lowest BCUT2D eigenvalue weighted by Gasteiger charge is -2.32. The number of rotatable bonds is 5. The summed E-state index contributed by atoms with van der Waals surface area (Å²) in [7, 11) is -3.73. The van der Waals surface area contributed by atoms with Crippen LogP contribution in [0.5, 0.6) is 0 Å². The molecule has 4 rings (SSSR count). The number of aromatic nitrogens is 1. The Balaban J connectivity index is 1.52. The molecule has 0 saturated carbocycles. The molecule has 1 N–H and O–H groups in total. The Morgan fingerprint density at radius 3 is 2.26 bits per heavy atom. The number of carbonyl (C=O) groups is 1. The predicted molar refractivity (Wildman–Crippen MR) is 122 cm³/mol. The van der Waals surface area contributed by atoms with E-state index in [1.807, 2.05) is 23.1 Å². The van der Waals surface area contributed by atoms with Crippen LogP contribution in [0.15, 0.2) is 35.2 Å². The molecule has 2 fully saturated rings. The number of hydrogen-bond acceptors (Lipinski definition) is 3. The van der Waals surface area contributed by atoms with Gasteiger partial charge in [0.2, 0.25) is 10.0 Å². The maximum Gasteiger partial charge on any atom is 0.257 e. The third-order valence-corrected chi connectivity index (χ3v) is 8.78. The number of nitrogens with one attached hydrogen (secondary N) is 1. The molecule has 6 nitrogen and oxygen atoms in total. The zero-order valence-corrected chi connectivity index (χ0v) is 19.4. The second kappa shape index (κ2) is 9.17. The molecule has 2 saturated heterocycles. The Hall–Kier alpha value is -2.12. The number of hydrogen-bond donors (Lipinski definition) is 1. The van der Waals surface area contributed by atoms with Gasteiger partial charge in [0.05, 0.1) is 5.56 Å². The Kier molecular flexibility index (Phi) is 6.53. The zero-order chi connectivity index (χ0) is 22.0. The molecule has 0 radical (unpaired) electrons. The molecule has 31 heavy (non-hydrogen) atoms. The van der Waals surface area contributed by atoms with Gasteiger partial charge in [-0.05, 0) is 63.9 Å². The van der Waals surface area contributed by atoms with E-state index in [0.717, 1.165) is 38.5 Å². The Morgan fingerprint density at radius 2 is 1.61 bits per heavy atom. The van der Waals surface area contributed by atoms with E-state index < -0.39 is 10.0 Å². The molecule has 3 heterocycles. The standard InChI is InChI=1S/C24H33N3O3S/c1-18-22(24(28)26-13-7-4-8-14-26)23(19(2)25-18)31(29,30)27-15-11-21(12-16-27)17-20-9-5-3-6-10-20/h3,5-6,9-10,21,25H,4,7-8,11-17H2,1-2H3. The summed E-state index contributed by atoms with van der Waals surface area (Å²) in [5.74, 6) is 0.330. The Morgan fingerprint density at radius 1 is 0.968 bits per heavy atom. The van der Waals surface area contributed by atoms with E-state index in [1.54, 1.807) is 18.2 Å². The third-order valence-electron chi connectivity index (χ3n) is 6.71. The lowest BCUT2D eigenvalue weighted by molar-refractivity contribution is 0.0719. The van der Waals surface area contributed by atoms with Gasteiger partial charge in [0.1, 0.15) is 4.90 Å². The van der Waals surface area contributed by atoms with Crippen molar-refractivity contribution in [2.75, 3.05) is 26.2 Å². The summed E-state index contributed by atoms with van der Waals surface area (Å²) in [5, 5.41) is 0. The van der Waals surface area contributed by atoms with Crippen molar-refractivity contribution in [3.8, 4) is 0 Å². The van der Waals surface area contributed by atoms with Crippen molar-refractivity contribution >= 4 is 15.9 Å². The topological polar surface area (TPSA) is 73.5 Å². The minimum atomic E-state index is -3.73. The van der Waals surface area contributed by atoms with Crippen LogP contribution in [-0.4, -0.2) is 54.7 Å². The van der Waals surface area contributed by atoms with E-state index in [9.17, 15) is 13.2 Å². The number of piperidine rings is 2. The largest absolute Gasteiger partial charge is 0.361 e. The summed E-state index contributed by atoms with van der Waals surface area (Å²) in [6.45, 7) is 5.96. The van der Waals surface area contributed by atoms with Crippen LogP contribution < -0.4 is 0 Å². The molecule has 1 amide bonds. The quantitative estimate of drug-likeness (QED) is 0.762. The average molecular weight is 444 g/mol. The highest BCUT2D eigenvalue weighted by Crippen LogP contribution is 2.32. The Bertz CT molecular complexity index is 1020. The highest BCUT2D eigenvalue weighted by molar-refractivity contribution is 7.89. The molecule has 1 aromatic carbocycles. The number of likely N-dealkylation sites (tertiary alicyclic amines) is 1. The first kappa shape index (κ1) is 22.1. The Labute approximate surface area is 185 Å². The molecular formula is C24H33N3O3S. The van der Waals surface area contributed by atoms with Gasteiger partial charge in [-0.25, -0.2) is 8.42 Å². The van der Waals surface area contributed by atoms with Crippen molar-refractivity contribution in [1.29, 1.82) is 0 Å². The molecular weight excluding hydrogens is 410 g/mol. The van der Waals surface area contributed by atoms with Crippen molar-refractivity contribution in [3.63, 3.8) is 0 Å². The smallest absolute Gasteiger partial charge is 0.257 e. The van der Waals surface area contributed by atoms with Crippen molar-refractivity contribution < 1.29 is 13.2 Å². The van der Waals surface area contributed by atoms with Gasteiger partial charge in [0.15, 0.2) is 0 Å². The second-order valence-corrected chi connectivity index (χ2v) is 10.8. The summed E-state index contributed by atoms with van der Waals surface area (Å²) >= 11 is 0. The van der Waals surface area contributed by atoms with Crippen LogP contribution in [0.3, 0.4) is 0 Å². The molecule has 2 aromatic rings. The fraction of sp³-hybridized carbons (Fsp3) is 0.542. The molecule has 0 atom stereocenters. The zero-order valence-electron chi connectivity index (χ0n) is 18.6. The first-order chi connectivity index (χ1) is 14.9. The lowest BCUT2D eigenvalue weighted by atomic mass is 9.91. The van der Waals surface area contributed by atoms with Crippen molar-refractivity contribution in [2.45, 2.75) is 57.3 Å². The van der Waals surface area contributed by atoms with E-state index in [2.05, 4.69) is 17.1 Å². The first-order valence-electron chi connectivity index (χ1n) is 11.4. The molecule has 0 aliphatic carbocycles. The average Bonchev–Trinajstić information content (AvgIpc) is 3.09. The number of H-pyrrole nitrogens is 1. The van der Waals surface area contributed by atoms with Crippen LogP contribution in [-0.2, 0) is 16.4 Å². The second-order valence-electron chi connectivity index (χ2n) is 8.97. The van der Waals surface area contributed by atoms with E-state index in [4.69, 9.17) is 0 Å². The van der Waals surface area contributed by atoms with Gasteiger partial charge in [-0.1, -0.05) is 30.3 Å². The monoisotopic (exact) mass is 443 g/mol. The lowest BCUT2D eigenvalue weighted by Crippen LogP contribution is -2.41. The summed E-state index contributed by atoms with van der Waals surface area (Å²) < 4.78 is 28.8. The van der Waals surface area contributed by atoms with Gasteiger partial charge in [-0.15, -0.1) is 0 Å². The van der Waals surface area contributed by atoms with Gasteiger partial charge in [0, 0.05) is 37.6 Å². The molecule has 0 spiro atoms. The SMILES string of the molecule is Cc1[nH]c(C)c(S(=O)(=O)N2CCC(Cc3ccccc3)CC2)c1C(=O)N1CCCCC1. The number of amides is 1. The maximum absolute atomic E-state index is 13.6. The summed E-state index contributed by atoms with van der Waals surface area (Å²) in [6, 6.07) is 10.4. The van der Waals surface area contributed by atoms with E-state index in [-0.39, 0.29) is 10.8 Å². The van der Waals surface area contributed by atoms with Gasteiger partial charge in [-0.3, -0.25) is 4.79 Å². The third kappa shape index (κ3) is 4.58. The number of carbonyl (C=O) groups excluding carboxylic acids is 1. The van der Waals surface area contributed by atoms with Crippen LogP contribution in [0.25, 0.3) is 0 Å². The highest BCUT2D eigenvalue weighted by atomic mass is 32.2. The fourth-order valence-electron chi connectivity index (χ4n) is 5.02. The van der Waals surface area contributed by atoms with Gasteiger partial charge >= 0.3 is 0 Å². The van der Waals surface area contributed by atoms with Crippen LogP contribution in [0.1, 0.15) is 59.4 Å². The summed E-state index contributed by atoms with van der Waals surface area (Å²) in [5.41, 5.74) is 2.84. The number of nitrogens with zero attached hydrogens (tertiary/aromatic N) is 2. The maximum atomic E-state index is 13.6. The van der Waals surface area contributed by atoms with E-state index in [0.29, 0.717) is 49.0 Å². The van der Waals surface area contributed by atoms with Crippen molar-refractivity contribution in [1.82, 2.24) is 14.2 Å². The van der Waals surface area contributed by atoms with Crippen LogP contribution >= 0.6 is 0 Å². The highest BCUT2D eigenvalue weighted by Gasteiger charge is 2.37. The predicted octanol–water partition coefficient (Wildman–Crippen LogP) is 3.90. The van der Waals surface area contributed by atoms with Crippen LogP contribution in [0.2, 0.25) is 0 Å². The number of aryl methyl sites for hydroxylation is 2. The fourth-order valence-corrected chi connectivity index (χ4v) is 6.91. The van der Waals surface area contributed by atoms with Crippen molar-refractivity contribution in [2.24, 2.45) is 5.92 Å². The number of aromatic amines is 1. The van der Waals surface area contributed by atoms with Crippen molar-refractivity contribution in [3.05, 3.63) is 52.8 Å². The van der Waals surface area contributed by atoms with E-state index in [1.165, 1.54) is 5.56 Å². The number of benzene rings is 1. The summed E-state index contributed by atoms with van der Waals surface area (Å²) in [4.78, 5) is 18.4. The molecule has 1 aromatic heterocycles. The normalized spacial score (nSPS) is 19.0. The minimum absolute atomic E-state index is 0.154. The van der Waals surface area contributed by atoms with Crippen LogP contribution in [0.4, 0.5) is 0 Å². The van der Waals surface area contributed by atoms with Crippen LogP contribution in [0, 0.1) is 19.8 Å². The minimum Gasteiger partial charge on any atom is -0.361 e. The molecule has 0 unspecified atom stereocenters. The van der Waals surface area contributed by atoms with Gasteiger partial charge in [-0.2, -0.15) is 4.31 Å². The van der Waals surface area contributed by atoms with E-state index >= 15 is 0 Å². The molecule has 168 valence electrons. The van der Waals surface area contributed by atoms with Gasteiger partial charge < -0.3 is 9.88 Å². The molecule has 2 aliphatic rings.